The van der Waals surface area contributed by atoms with Crippen molar-refractivity contribution in [3.63, 3.8) is 0 Å². The quantitative estimate of drug-likeness (QED) is 0.643. The summed E-state index contributed by atoms with van der Waals surface area (Å²) in [4.78, 5) is 28.8. The molecule has 0 radical (unpaired) electrons. The maximum atomic E-state index is 14.7. The molecule has 31 heavy (non-hydrogen) atoms. The van der Waals surface area contributed by atoms with Gasteiger partial charge in [-0.2, -0.15) is 9.78 Å². The van der Waals surface area contributed by atoms with Crippen molar-refractivity contribution in [1.82, 2.24) is 20.1 Å². The van der Waals surface area contributed by atoms with Gasteiger partial charge in [0, 0.05) is 25.0 Å². The number of aromatic nitrogens is 3. The minimum absolute atomic E-state index is 0.135. The Balaban J connectivity index is 1.43. The summed E-state index contributed by atoms with van der Waals surface area (Å²) >= 11 is 3.28. The number of halogens is 2. The smallest absolute Gasteiger partial charge is 0.286 e. The van der Waals surface area contributed by atoms with Gasteiger partial charge in [-0.25, -0.2) is 4.39 Å². The largest absolute Gasteiger partial charge is 0.380 e. The lowest BCUT2D eigenvalue weighted by Crippen LogP contribution is -2.58. The molecule has 166 valence electrons. The number of pyridine rings is 1. The summed E-state index contributed by atoms with van der Waals surface area (Å²) in [5, 5.41) is 9.83. The van der Waals surface area contributed by atoms with Crippen molar-refractivity contribution in [3.05, 3.63) is 51.1 Å². The zero-order valence-electron chi connectivity index (χ0n) is 17.8. The van der Waals surface area contributed by atoms with E-state index in [0.717, 1.165) is 12.0 Å². The molecule has 5 rings (SSSR count). The van der Waals surface area contributed by atoms with Crippen molar-refractivity contribution in [1.29, 1.82) is 0 Å². The van der Waals surface area contributed by atoms with Crippen LogP contribution in [0.1, 0.15) is 45.5 Å². The number of alkyl halides is 1. The van der Waals surface area contributed by atoms with Gasteiger partial charge in [-0.3, -0.25) is 14.6 Å². The molecular weight excluding hydrogens is 465 g/mol. The Bertz CT molecular complexity index is 1030. The number of carbonyl (C=O) groups is 1. The molecule has 5 atom stereocenters. The molecule has 1 unspecified atom stereocenters. The second-order valence-electron chi connectivity index (χ2n) is 9.24. The third-order valence-corrected chi connectivity index (χ3v) is 8.05. The van der Waals surface area contributed by atoms with E-state index in [1.54, 1.807) is 24.5 Å². The first kappa shape index (κ1) is 21.9. The lowest BCUT2D eigenvalue weighted by Gasteiger charge is -2.62. The fourth-order valence-corrected chi connectivity index (χ4v) is 5.53. The topological polar surface area (TPSA) is 88.9 Å². The Hall–Kier alpha value is -2.29. The van der Waals surface area contributed by atoms with E-state index in [1.165, 1.54) is 12.6 Å². The molecule has 2 N–H and O–H groups in total. The minimum Gasteiger partial charge on any atom is -0.380 e. The van der Waals surface area contributed by atoms with Crippen LogP contribution in [0, 0.1) is 23.2 Å². The molecule has 2 aromatic rings. The van der Waals surface area contributed by atoms with Gasteiger partial charge in [0.25, 0.3) is 17.8 Å². The molecular formula is C22H27BrFN5O2. The number of amides is 1. The van der Waals surface area contributed by atoms with Crippen molar-refractivity contribution in [2.45, 2.75) is 52.5 Å². The highest BCUT2D eigenvalue weighted by Crippen LogP contribution is 2.61. The van der Waals surface area contributed by atoms with Crippen molar-refractivity contribution in [2.24, 2.45) is 23.2 Å². The molecule has 0 saturated heterocycles. The summed E-state index contributed by atoms with van der Waals surface area (Å²) in [5.74, 6) is 0.845. The van der Waals surface area contributed by atoms with Crippen molar-refractivity contribution >= 4 is 27.5 Å². The molecule has 0 aromatic carbocycles. The van der Waals surface area contributed by atoms with E-state index < -0.39 is 17.8 Å². The molecule has 3 aliphatic rings. The summed E-state index contributed by atoms with van der Waals surface area (Å²) in [6.45, 7) is 7.04. The average Bonchev–Trinajstić information content (AvgIpc) is 2.76. The van der Waals surface area contributed by atoms with Gasteiger partial charge in [0.05, 0.1) is 11.9 Å². The van der Waals surface area contributed by atoms with Gasteiger partial charge in [-0.1, -0.05) is 20.8 Å². The highest BCUT2D eigenvalue weighted by atomic mass is 79.9. The van der Waals surface area contributed by atoms with Crippen LogP contribution in [0.15, 0.2) is 40.0 Å². The molecule has 7 nitrogen and oxygen atoms in total. The van der Waals surface area contributed by atoms with Crippen molar-refractivity contribution < 1.29 is 9.18 Å². The minimum atomic E-state index is -2.22. The zero-order valence-corrected chi connectivity index (χ0v) is 19.4. The third kappa shape index (κ3) is 4.00. The van der Waals surface area contributed by atoms with E-state index in [0.29, 0.717) is 33.5 Å². The predicted octanol–water partition coefficient (Wildman–Crippen LogP) is 3.67. The maximum Gasteiger partial charge on any atom is 0.286 e. The first-order chi connectivity index (χ1) is 14.7. The Kier molecular flexibility index (Phi) is 5.89. The molecule has 3 aliphatic carbocycles. The highest BCUT2D eigenvalue weighted by Gasteiger charge is 2.56. The van der Waals surface area contributed by atoms with Crippen LogP contribution in [0.3, 0.4) is 0 Å². The van der Waals surface area contributed by atoms with Gasteiger partial charge in [0.15, 0.2) is 0 Å². The van der Waals surface area contributed by atoms with E-state index in [9.17, 15) is 14.0 Å². The zero-order chi connectivity index (χ0) is 22.3. The highest BCUT2D eigenvalue weighted by molar-refractivity contribution is 9.10. The summed E-state index contributed by atoms with van der Waals surface area (Å²) in [5.41, 5.74) is 0.980. The van der Waals surface area contributed by atoms with E-state index >= 15 is 0 Å². The third-order valence-electron chi connectivity index (χ3n) is 7.29. The lowest BCUT2D eigenvalue weighted by atomic mass is 9.45. The van der Waals surface area contributed by atoms with Gasteiger partial charge in [0.1, 0.15) is 4.47 Å². The second kappa shape index (κ2) is 8.33. The van der Waals surface area contributed by atoms with Gasteiger partial charge in [-0.15, -0.1) is 0 Å². The van der Waals surface area contributed by atoms with Crippen molar-refractivity contribution in [2.75, 3.05) is 5.32 Å². The Morgan fingerprint density at radius 1 is 1.35 bits per heavy atom. The molecule has 3 fully saturated rings. The van der Waals surface area contributed by atoms with Crippen LogP contribution >= 0.6 is 15.9 Å². The number of fused-ring (bicyclic) bond motifs is 2. The number of hydrogen-bond acceptors (Lipinski definition) is 5. The second-order valence-corrected chi connectivity index (χ2v) is 10.0. The molecule has 1 amide bonds. The fourth-order valence-electron chi connectivity index (χ4n) is 5.13. The molecule has 3 saturated carbocycles. The molecule has 2 bridgehead atoms. The molecule has 9 heteroatoms. The summed E-state index contributed by atoms with van der Waals surface area (Å²) in [7, 11) is 0. The van der Waals surface area contributed by atoms with Crippen LogP contribution < -0.4 is 16.2 Å². The number of rotatable bonds is 6. The van der Waals surface area contributed by atoms with Crippen LogP contribution in [0.2, 0.25) is 0 Å². The fraction of sp³-hybridized carbons (Fsp3) is 0.545. The first-order valence-electron chi connectivity index (χ1n) is 10.5. The first-order valence-corrected chi connectivity index (χ1v) is 11.3. The van der Waals surface area contributed by atoms with Gasteiger partial charge >= 0.3 is 0 Å². The standard InChI is InChI=1S/C22H27BrFN5O2/c1-12-15-8-14(22(15,2)3)9-16(12)28-17-11-27-29(21(31)18(17)23)19(24)20(30)26-10-13-4-6-25-7-5-13/h4-7,11-12,14-16,19,28H,8-10H2,1-3H3,(H,26,30)/t12-,14+,15+,16+,19?/m0/s1. The average molecular weight is 492 g/mol. The van der Waals surface area contributed by atoms with Gasteiger partial charge in [-0.05, 0) is 69.6 Å². The number of hydrogen-bond donors (Lipinski definition) is 2. The predicted molar refractivity (Wildman–Crippen MR) is 119 cm³/mol. The van der Waals surface area contributed by atoms with E-state index in [4.69, 9.17) is 0 Å². The number of nitrogens with zero attached hydrogens (tertiary/aromatic N) is 3. The van der Waals surface area contributed by atoms with Crippen LogP contribution in [0.5, 0.6) is 0 Å². The summed E-state index contributed by atoms with van der Waals surface area (Å²) in [6.07, 6.45) is 4.64. The SMILES string of the molecule is C[C@H]1[C@H]2C[C@H](C[C@H]1Nc1cnn(C(F)C(=O)NCc3ccncc3)c(=O)c1Br)C2(C)C. The monoisotopic (exact) mass is 491 g/mol. The van der Waals surface area contributed by atoms with E-state index in [1.807, 2.05) is 0 Å². The normalized spacial score (nSPS) is 27.1. The molecule has 0 spiro atoms. The van der Waals surface area contributed by atoms with Crippen molar-refractivity contribution in [3.8, 4) is 0 Å². The van der Waals surface area contributed by atoms with Gasteiger partial charge < -0.3 is 10.6 Å². The summed E-state index contributed by atoms with van der Waals surface area (Å²) in [6, 6.07) is 3.66. The number of nitrogens with one attached hydrogen (secondary N) is 2. The van der Waals surface area contributed by atoms with E-state index in [2.05, 4.69) is 57.4 Å². The number of carbonyl (C=O) groups excluding carboxylic acids is 1. The van der Waals surface area contributed by atoms with Crippen LogP contribution in [0.4, 0.5) is 10.1 Å². The Morgan fingerprint density at radius 3 is 2.71 bits per heavy atom. The Labute approximate surface area is 189 Å². The van der Waals surface area contributed by atoms with Crippen LogP contribution in [-0.4, -0.2) is 26.7 Å². The van der Waals surface area contributed by atoms with Crippen LogP contribution in [0.25, 0.3) is 0 Å². The molecule has 0 aliphatic heterocycles. The number of anilines is 1. The molecule has 2 aromatic heterocycles. The van der Waals surface area contributed by atoms with Crippen LogP contribution in [-0.2, 0) is 11.3 Å². The van der Waals surface area contributed by atoms with E-state index in [-0.39, 0.29) is 17.1 Å². The lowest BCUT2D eigenvalue weighted by molar-refractivity contribution is -0.129. The Morgan fingerprint density at radius 2 is 2.06 bits per heavy atom. The maximum absolute atomic E-state index is 14.7. The van der Waals surface area contributed by atoms with Gasteiger partial charge in [0.2, 0.25) is 0 Å². The summed E-state index contributed by atoms with van der Waals surface area (Å²) < 4.78 is 15.4. The molecule has 2 heterocycles.